The van der Waals surface area contributed by atoms with Gasteiger partial charge in [0, 0.05) is 12.8 Å². The molecule has 0 fully saturated rings. The van der Waals surface area contributed by atoms with Gasteiger partial charge in [0.1, 0.15) is 12.1 Å². The number of aliphatic hydroxyl groups excluding tert-OH is 1. The van der Waals surface area contributed by atoms with Crippen LogP contribution in [0.2, 0.25) is 0 Å². The summed E-state index contributed by atoms with van der Waals surface area (Å²) >= 11 is 0. The number of rotatable bonds is 15. The summed E-state index contributed by atoms with van der Waals surface area (Å²) in [5.74, 6) is -4.24. The van der Waals surface area contributed by atoms with Crippen LogP contribution in [0.3, 0.4) is 0 Å². The molecule has 12 heteroatoms. The van der Waals surface area contributed by atoms with E-state index in [2.05, 4.69) is 16.0 Å². The molecule has 36 heavy (non-hydrogen) atoms. The van der Waals surface area contributed by atoms with Gasteiger partial charge in [0.25, 0.3) is 0 Å². The van der Waals surface area contributed by atoms with E-state index in [1.807, 2.05) is 13.8 Å². The van der Waals surface area contributed by atoms with Gasteiger partial charge in [-0.05, 0) is 31.2 Å². The first-order valence-electron chi connectivity index (χ1n) is 11.7. The lowest BCUT2D eigenvalue weighted by Gasteiger charge is -2.26. The van der Waals surface area contributed by atoms with E-state index in [4.69, 9.17) is 11.5 Å². The summed E-state index contributed by atoms with van der Waals surface area (Å²) in [6, 6.07) is 3.69. The molecule has 4 amide bonds. The summed E-state index contributed by atoms with van der Waals surface area (Å²) in [5.41, 5.74) is 11.8. The highest BCUT2D eigenvalue weighted by atomic mass is 16.4. The molecule has 0 spiro atoms. The van der Waals surface area contributed by atoms with Crippen molar-refractivity contribution in [2.24, 2.45) is 17.4 Å². The van der Waals surface area contributed by atoms with Crippen molar-refractivity contribution >= 4 is 29.6 Å². The van der Waals surface area contributed by atoms with Crippen molar-refractivity contribution in [3.8, 4) is 0 Å². The summed E-state index contributed by atoms with van der Waals surface area (Å²) in [6.07, 6.45) is -1.38. The smallest absolute Gasteiger partial charge is 0.328 e. The van der Waals surface area contributed by atoms with E-state index in [0.717, 1.165) is 0 Å². The first-order valence-corrected chi connectivity index (χ1v) is 11.7. The number of aliphatic hydroxyl groups is 1. The van der Waals surface area contributed by atoms with Crippen LogP contribution in [0, 0.1) is 5.92 Å². The quantitative estimate of drug-likeness (QED) is 0.152. The topological polar surface area (TPSA) is 214 Å². The molecular weight excluding hydrogens is 470 g/mol. The minimum Gasteiger partial charge on any atom is -0.480 e. The summed E-state index contributed by atoms with van der Waals surface area (Å²) in [4.78, 5) is 61.4. The number of hydrogen-bond donors (Lipinski definition) is 7. The normalized spacial score (nSPS) is 15.2. The van der Waals surface area contributed by atoms with Gasteiger partial charge < -0.3 is 37.6 Å². The minimum atomic E-state index is -1.60. The molecule has 0 bridgehead atoms. The fourth-order valence-electron chi connectivity index (χ4n) is 3.42. The van der Waals surface area contributed by atoms with Crippen LogP contribution in [-0.4, -0.2) is 70.1 Å². The van der Waals surface area contributed by atoms with Gasteiger partial charge in [-0.15, -0.1) is 0 Å². The number of carbonyl (C=O) groups excluding carboxylic acids is 4. The number of amides is 4. The molecule has 0 aliphatic heterocycles. The molecule has 9 N–H and O–H groups in total. The molecule has 0 aliphatic rings. The van der Waals surface area contributed by atoms with E-state index in [9.17, 15) is 34.2 Å². The second-order valence-corrected chi connectivity index (χ2v) is 9.12. The third kappa shape index (κ3) is 10.8. The maximum absolute atomic E-state index is 13.1. The van der Waals surface area contributed by atoms with E-state index < -0.39 is 59.9 Å². The van der Waals surface area contributed by atoms with Crippen molar-refractivity contribution in [1.29, 1.82) is 0 Å². The zero-order chi connectivity index (χ0) is 27.4. The van der Waals surface area contributed by atoms with Crippen LogP contribution in [-0.2, 0) is 30.4 Å². The summed E-state index contributed by atoms with van der Waals surface area (Å²) in [7, 11) is 0. The lowest BCUT2D eigenvalue weighted by Crippen LogP contribution is -2.58. The van der Waals surface area contributed by atoms with Crippen molar-refractivity contribution < 1.29 is 34.2 Å². The van der Waals surface area contributed by atoms with Gasteiger partial charge in [-0.2, -0.15) is 0 Å². The molecule has 0 aromatic heterocycles. The minimum absolute atomic E-state index is 0.00604. The molecule has 1 aromatic carbocycles. The zero-order valence-corrected chi connectivity index (χ0v) is 20.8. The van der Waals surface area contributed by atoms with Gasteiger partial charge in [-0.1, -0.05) is 44.2 Å². The Hall–Kier alpha value is -3.51. The number of carboxylic acid groups (broad SMARTS) is 1. The van der Waals surface area contributed by atoms with Crippen molar-refractivity contribution in [2.45, 2.75) is 76.7 Å². The van der Waals surface area contributed by atoms with Crippen molar-refractivity contribution in [3.05, 3.63) is 35.9 Å². The van der Waals surface area contributed by atoms with Crippen LogP contribution < -0.4 is 27.4 Å². The first kappa shape index (κ1) is 30.5. The monoisotopic (exact) mass is 507 g/mol. The predicted molar refractivity (Wildman–Crippen MR) is 131 cm³/mol. The number of benzene rings is 1. The van der Waals surface area contributed by atoms with Crippen molar-refractivity contribution in [3.63, 3.8) is 0 Å². The molecule has 0 saturated heterocycles. The molecule has 1 aromatic rings. The molecule has 0 heterocycles. The summed E-state index contributed by atoms with van der Waals surface area (Å²) in [5, 5.41) is 26.3. The average Bonchev–Trinajstić information content (AvgIpc) is 2.78. The molecule has 5 atom stereocenters. The van der Waals surface area contributed by atoms with E-state index in [-0.39, 0.29) is 25.2 Å². The van der Waals surface area contributed by atoms with E-state index in [0.29, 0.717) is 12.0 Å². The standard InChI is InChI=1S/C24H37N5O7/c1-13(2)11-16(25)21(32)27-17(9-10-19(26)31)22(33)28-18(12-15-7-5-4-6-8-15)23(34)29-20(14(3)30)24(35)36/h4-8,13-14,16-18,20,30H,9-12,25H2,1-3H3,(H2,26,31)(H,27,32)(H,28,33)(H,29,34)(H,35,36). The number of carboxylic acids is 1. The molecule has 0 aliphatic carbocycles. The number of aliphatic carboxylic acids is 1. The number of primary amides is 1. The second kappa shape index (κ2) is 14.8. The molecule has 1 rings (SSSR count). The lowest BCUT2D eigenvalue weighted by atomic mass is 10.0. The van der Waals surface area contributed by atoms with E-state index >= 15 is 0 Å². The molecule has 0 saturated carbocycles. The Labute approximate surface area is 210 Å². The lowest BCUT2D eigenvalue weighted by molar-refractivity contribution is -0.145. The Bertz CT molecular complexity index is 907. The van der Waals surface area contributed by atoms with Gasteiger partial charge in [-0.3, -0.25) is 19.2 Å². The van der Waals surface area contributed by atoms with Crippen LogP contribution in [0.1, 0.15) is 45.6 Å². The number of carbonyl (C=O) groups is 5. The zero-order valence-electron chi connectivity index (χ0n) is 20.8. The van der Waals surface area contributed by atoms with Gasteiger partial charge in [-0.25, -0.2) is 4.79 Å². The average molecular weight is 508 g/mol. The van der Waals surface area contributed by atoms with Crippen LogP contribution in [0.4, 0.5) is 0 Å². The molecule has 5 unspecified atom stereocenters. The van der Waals surface area contributed by atoms with Crippen LogP contribution >= 0.6 is 0 Å². The maximum atomic E-state index is 13.1. The Balaban J connectivity index is 3.13. The van der Waals surface area contributed by atoms with Crippen LogP contribution in [0.15, 0.2) is 30.3 Å². The van der Waals surface area contributed by atoms with Crippen molar-refractivity contribution in [1.82, 2.24) is 16.0 Å². The van der Waals surface area contributed by atoms with Gasteiger partial charge >= 0.3 is 5.97 Å². The van der Waals surface area contributed by atoms with Crippen LogP contribution in [0.5, 0.6) is 0 Å². The predicted octanol–water partition coefficient (Wildman–Crippen LogP) is -1.21. The Kier molecular flexibility index (Phi) is 12.5. The highest BCUT2D eigenvalue weighted by Crippen LogP contribution is 2.08. The van der Waals surface area contributed by atoms with E-state index in [1.54, 1.807) is 30.3 Å². The molecule has 0 radical (unpaired) electrons. The Morgan fingerprint density at radius 3 is 1.94 bits per heavy atom. The fourth-order valence-corrected chi connectivity index (χ4v) is 3.42. The molecule has 12 nitrogen and oxygen atoms in total. The third-order valence-electron chi connectivity index (χ3n) is 5.34. The Morgan fingerprint density at radius 1 is 0.889 bits per heavy atom. The third-order valence-corrected chi connectivity index (χ3v) is 5.34. The first-order chi connectivity index (χ1) is 16.8. The molecule has 200 valence electrons. The SMILES string of the molecule is CC(C)CC(N)C(=O)NC(CCC(N)=O)C(=O)NC(Cc1ccccc1)C(=O)NC(C(=O)O)C(C)O. The fraction of sp³-hybridized carbons (Fsp3) is 0.542. The van der Waals surface area contributed by atoms with Crippen molar-refractivity contribution in [2.75, 3.05) is 0 Å². The number of hydrogen-bond acceptors (Lipinski definition) is 7. The van der Waals surface area contributed by atoms with Gasteiger partial charge in [0.2, 0.25) is 23.6 Å². The highest BCUT2D eigenvalue weighted by molar-refractivity contribution is 5.94. The largest absolute Gasteiger partial charge is 0.480 e. The summed E-state index contributed by atoms with van der Waals surface area (Å²) in [6.45, 7) is 4.98. The van der Waals surface area contributed by atoms with Gasteiger partial charge in [0.15, 0.2) is 6.04 Å². The van der Waals surface area contributed by atoms with E-state index in [1.165, 1.54) is 6.92 Å². The number of nitrogens with one attached hydrogen (secondary N) is 3. The second-order valence-electron chi connectivity index (χ2n) is 9.12. The molecular formula is C24H37N5O7. The van der Waals surface area contributed by atoms with Crippen LogP contribution in [0.25, 0.3) is 0 Å². The Morgan fingerprint density at radius 2 is 1.44 bits per heavy atom. The highest BCUT2D eigenvalue weighted by Gasteiger charge is 2.32. The maximum Gasteiger partial charge on any atom is 0.328 e. The van der Waals surface area contributed by atoms with Gasteiger partial charge in [0.05, 0.1) is 12.1 Å². The number of nitrogens with two attached hydrogens (primary N) is 2. The summed E-state index contributed by atoms with van der Waals surface area (Å²) < 4.78 is 0.